The highest BCUT2D eigenvalue weighted by Gasteiger charge is 2.82. The van der Waals surface area contributed by atoms with Crippen molar-refractivity contribution < 1.29 is 25.9 Å². The van der Waals surface area contributed by atoms with E-state index >= 15 is 0 Å². The molecule has 0 radical (unpaired) electrons. The highest BCUT2D eigenvalue weighted by Crippen LogP contribution is 2.63. The van der Waals surface area contributed by atoms with Gasteiger partial charge in [-0.2, -0.15) is 16.8 Å². The Hall–Kier alpha value is 0.254. The van der Waals surface area contributed by atoms with Crippen molar-refractivity contribution in [2.24, 2.45) is 0 Å². The van der Waals surface area contributed by atoms with Crippen LogP contribution in [0.2, 0.25) is 33.2 Å². The van der Waals surface area contributed by atoms with Crippen LogP contribution in [0, 0.1) is 0 Å². The lowest BCUT2D eigenvalue weighted by Crippen LogP contribution is -2.84. The van der Waals surface area contributed by atoms with Crippen LogP contribution in [0.5, 0.6) is 0 Å². The largest absolute Gasteiger partial charge is 0.285 e. The van der Waals surface area contributed by atoms with Gasteiger partial charge in [-0.25, -0.2) is 0 Å². The van der Waals surface area contributed by atoms with E-state index in [1.807, 2.05) is 83.1 Å². The maximum atomic E-state index is 13.5. The Morgan fingerprint density at radius 2 is 0.621 bits per heavy atom. The molecule has 6 nitrogen and oxygen atoms in total. The van der Waals surface area contributed by atoms with Crippen LogP contribution in [0.4, 0.5) is 0 Å². The van der Waals surface area contributed by atoms with Crippen molar-refractivity contribution in [2.45, 2.75) is 120 Å². The number of rotatable bonds is 10. The summed E-state index contributed by atoms with van der Waals surface area (Å²) in [7, 11) is -17.4. The van der Waals surface area contributed by atoms with Crippen LogP contribution in [0.15, 0.2) is 0 Å². The van der Waals surface area contributed by atoms with Crippen molar-refractivity contribution in [1.29, 1.82) is 0 Å². The molecular weight excluding hydrogens is 445 g/mol. The van der Waals surface area contributed by atoms with Crippen molar-refractivity contribution >= 4 is 36.4 Å². The van der Waals surface area contributed by atoms with Gasteiger partial charge in [0.25, 0.3) is 20.2 Å². The highest BCUT2D eigenvalue weighted by molar-refractivity contribution is 8.11. The van der Waals surface area contributed by atoms with Crippen molar-refractivity contribution in [1.82, 2.24) is 0 Å². The van der Waals surface area contributed by atoms with Gasteiger partial charge in [0.1, 0.15) is 16.1 Å². The Balaban J connectivity index is 8.67. The van der Waals surface area contributed by atoms with Gasteiger partial charge >= 0.3 is 0 Å². The predicted molar refractivity (Wildman–Crippen MR) is 128 cm³/mol. The molecule has 0 aliphatic rings. The van der Waals surface area contributed by atoms with E-state index in [1.165, 1.54) is 0 Å². The van der Waals surface area contributed by atoms with Crippen LogP contribution in [0.3, 0.4) is 0 Å². The first-order valence-electron chi connectivity index (χ1n) is 10.6. The summed E-state index contributed by atoms with van der Waals surface area (Å²) >= 11 is 0. The van der Waals surface area contributed by atoms with Gasteiger partial charge in [0.2, 0.25) is 3.33 Å². The van der Waals surface area contributed by atoms with Crippen LogP contribution >= 0.6 is 0 Å². The Bertz CT molecular complexity index is 659. The first kappa shape index (κ1) is 29.3. The lowest BCUT2D eigenvalue weighted by Gasteiger charge is -2.63. The van der Waals surface area contributed by atoms with E-state index in [1.54, 1.807) is 0 Å². The molecule has 0 bridgehead atoms. The van der Waals surface area contributed by atoms with E-state index in [0.717, 1.165) is 0 Å². The van der Waals surface area contributed by atoms with Crippen LogP contribution < -0.4 is 0 Å². The molecule has 0 aliphatic heterocycles. The molecule has 0 heterocycles. The highest BCUT2D eigenvalue weighted by atomic mass is 32.3. The zero-order chi connectivity index (χ0) is 24.0. The Morgan fingerprint density at radius 1 is 0.483 bits per heavy atom. The van der Waals surface area contributed by atoms with E-state index in [2.05, 4.69) is 0 Å². The van der Waals surface area contributed by atoms with Crippen LogP contribution in [0.25, 0.3) is 0 Å². The quantitative estimate of drug-likeness (QED) is 0.293. The van der Waals surface area contributed by atoms with Crippen molar-refractivity contribution in [3.63, 3.8) is 0 Å². The summed E-state index contributed by atoms with van der Waals surface area (Å²) in [6, 6.07) is 0. The van der Waals surface area contributed by atoms with Gasteiger partial charge in [-0.1, -0.05) is 83.1 Å². The molecule has 0 aromatic heterocycles. The summed E-state index contributed by atoms with van der Waals surface area (Å²) in [5.41, 5.74) is -1.78. The monoisotopic (exact) mass is 488 g/mol. The summed E-state index contributed by atoms with van der Waals surface area (Å²) in [4.78, 5) is 0. The van der Waals surface area contributed by atoms with Crippen molar-refractivity contribution in [3.8, 4) is 0 Å². The molecule has 0 amide bonds. The molecule has 0 aliphatic carbocycles. The zero-order valence-electron chi connectivity index (χ0n) is 20.3. The molecular formula is C19H44O6S2Si2. The lowest BCUT2D eigenvalue weighted by molar-refractivity contribution is 0.451. The average molecular weight is 489 g/mol. The maximum Gasteiger partial charge on any atom is 0.281 e. The fraction of sp³-hybridized carbons (Fsp3) is 1.00. The van der Waals surface area contributed by atoms with E-state index in [-0.39, 0.29) is 33.2 Å². The summed E-state index contributed by atoms with van der Waals surface area (Å²) in [6.07, 6.45) is 0. The van der Waals surface area contributed by atoms with Gasteiger partial charge in [-0.05, 0) is 33.2 Å². The molecule has 0 saturated carbocycles. The normalized spacial score (nSPS) is 15.6. The molecule has 0 fully saturated rings. The molecule has 2 N–H and O–H groups in total. The van der Waals surface area contributed by atoms with E-state index in [9.17, 15) is 25.9 Å². The Labute approximate surface area is 181 Å². The standard InChI is InChI=1S/C19H44O6S2Si2/c1-13(2)28(14(3)4,15(5)6)19(26(20,21)22,27(23,24)25)29(16(7)8,17(9)10)18(11)12/h13-18H,1-12H3,(H,20,21,22)(H,23,24,25). The maximum absolute atomic E-state index is 13.5. The van der Waals surface area contributed by atoms with E-state index in [0.29, 0.717) is 0 Å². The number of hydrogen-bond donors (Lipinski definition) is 2. The second-order valence-electron chi connectivity index (χ2n) is 10.4. The summed E-state index contributed by atoms with van der Waals surface area (Å²) in [6.45, 7) is 22.3. The molecule has 10 heteroatoms. The molecule has 0 rings (SSSR count). The van der Waals surface area contributed by atoms with E-state index < -0.39 is 39.7 Å². The molecule has 0 aromatic rings. The molecule has 0 saturated heterocycles. The fourth-order valence-corrected chi connectivity index (χ4v) is 45.1. The van der Waals surface area contributed by atoms with Crippen LogP contribution in [-0.2, 0) is 20.2 Å². The second-order valence-corrected chi connectivity index (χ2v) is 27.9. The first-order chi connectivity index (χ1) is 12.7. The Kier molecular flexibility index (Phi) is 9.09. The average Bonchev–Trinajstić information content (AvgIpc) is 2.41. The summed E-state index contributed by atoms with van der Waals surface area (Å²) in [5.74, 6) is 0. The third-order valence-electron chi connectivity index (χ3n) is 7.60. The SMILES string of the molecule is CC(C)[Si](C(C)C)(C(C)C)C([Si](C(C)C)(C(C)C)C(C)C)(S(=O)(=O)O)S(=O)(=O)O. The molecule has 29 heavy (non-hydrogen) atoms. The minimum atomic E-state index is -5.18. The lowest BCUT2D eigenvalue weighted by atomic mass is 10.5. The third-order valence-corrected chi connectivity index (χ3v) is 34.0. The van der Waals surface area contributed by atoms with Gasteiger partial charge < -0.3 is 0 Å². The van der Waals surface area contributed by atoms with Crippen LogP contribution in [0.1, 0.15) is 83.1 Å². The molecule has 0 atom stereocenters. The predicted octanol–water partition coefficient (Wildman–Crippen LogP) is 5.89. The topological polar surface area (TPSA) is 109 Å². The minimum absolute atomic E-state index is 0.297. The minimum Gasteiger partial charge on any atom is -0.285 e. The molecule has 0 aromatic carbocycles. The van der Waals surface area contributed by atoms with E-state index in [4.69, 9.17) is 0 Å². The van der Waals surface area contributed by atoms with Crippen molar-refractivity contribution in [2.75, 3.05) is 0 Å². The van der Waals surface area contributed by atoms with Gasteiger partial charge in [-0.15, -0.1) is 0 Å². The van der Waals surface area contributed by atoms with Gasteiger partial charge in [0.05, 0.1) is 0 Å². The van der Waals surface area contributed by atoms with Gasteiger partial charge in [0, 0.05) is 0 Å². The number of hydrogen-bond acceptors (Lipinski definition) is 4. The smallest absolute Gasteiger partial charge is 0.281 e. The third kappa shape index (κ3) is 3.73. The summed E-state index contributed by atoms with van der Waals surface area (Å²) in [5, 5.41) is 0. The summed E-state index contributed by atoms with van der Waals surface area (Å²) < 4.78 is 73.4. The second kappa shape index (κ2) is 9.01. The van der Waals surface area contributed by atoms with Gasteiger partial charge in [0.15, 0.2) is 0 Å². The zero-order valence-corrected chi connectivity index (χ0v) is 23.9. The molecule has 176 valence electrons. The van der Waals surface area contributed by atoms with Crippen LogP contribution in [-0.4, -0.2) is 45.4 Å². The molecule has 0 spiro atoms. The fourth-order valence-electron chi connectivity index (χ4n) is 7.68. The first-order valence-corrected chi connectivity index (χ1v) is 17.9. The van der Waals surface area contributed by atoms with Gasteiger partial charge in [-0.3, -0.25) is 9.11 Å². The molecule has 0 unspecified atom stereocenters. The van der Waals surface area contributed by atoms with Crippen molar-refractivity contribution in [3.05, 3.63) is 0 Å². The Morgan fingerprint density at radius 3 is 0.690 bits per heavy atom.